The number of nitrogens with zero attached hydrogens (tertiary/aromatic N) is 2. The van der Waals surface area contributed by atoms with Crippen molar-refractivity contribution in [2.45, 2.75) is 33.6 Å². The van der Waals surface area contributed by atoms with Gasteiger partial charge >= 0.3 is 0 Å². The Labute approximate surface area is 163 Å². The Kier molecular flexibility index (Phi) is 7.80. The molecular weight excluding hydrogens is 340 g/mol. The minimum absolute atomic E-state index is 0.0417. The second-order valence-electron chi connectivity index (χ2n) is 8.40. The summed E-state index contributed by atoms with van der Waals surface area (Å²) in [5.74, 6) is -0.130. The predicted octanol–water partition coefficient (Wildman–Crippen LogP) is 1.97. The lowest BCUT2D eigenvalue weighted by Crippen LogP contribution is -2.45. The molecule has 2 rings (SSSR count). The maximum atomic E-state index is 12.0. The van der Waals surface area contributed by atoms with E-state index in [9.17, 15) is 9.59 Å². The lowest BCUT2D eigenvalue weighted by molar-refractivity contribution is -0.128. The molecule has 0 radical (unpaired) electrons. The predicted molar refractivity (Wildman–Crippen MR) is 110 cm³/mol. The molecule has 0 saturated carbocycles. The van der Waals surface area contributed by atoms with Gasteiger partial charge in [-0.25, -0.2) is 0 Å². The summed E-state index contributed by atoms with van der Waals surface area (Å²) in [7, 11) is 2.17. The van der Waals surface area contributed by atoms with Crippen LogP contribution in [0, 0.1) is 5.41 Å². The van der Waals surface area contributed by atoms with Crippen LogP contribution in [0.15, 0.2) is 24.3 Å². The number of amides is 2. The van der Waals surface area contributed by atoms with Gasteiger partial charge in [0.25, 0.3) is 0 Å². The molecule has 0 atom stereocenters. The third-order valence-electron chi connectivity index (χ3n) is 4.87. The molecule has 0 bridgehead atoms. The van der Waals surface area contributed by atoms with E-state index in [-0.39, 0.29) is 18.2 Å². The highest BCUT2D eigenvalue weighted by atomic mass is 16.2. The van der Waals surface area contributed by atoms with Gasteiger partial charge in [-0.05, 0) is 31.2 Å². The van der Waals surface area contributed by atoms with E-state index in [4.69, 9.17) is 0 Å². The summed E-state index contributed by atoms with van der Waals surface area (Å²) in [5, 5.41) is 5.68. The van der Waals surface area contributed by atoms with Gasteiger partial charge in [0.2, 0.25) is 11.8 Å². The number of hydrogen-bond acceptors (Lipinski definition) is 4. The molecule has 1 fully saturated rings. The first kappa shape index (κ1) is 21.4. The molecule has 0 unspecified atom stereocenters. The van der Waals surface area contributed by atoms with Gasteiger partial charge in [0.15, 0.2) is 0 Å². The largest absolute Gasteiger partial charge is 0.355 e. The van der Waals surface area contributed by atoms with Crippen LogP contribution in [0.2, 0.25) is 0 Å². The van der Waals surface area contributed by atoms with Gasteiger partial charge in [-0.3, -0.25) is 9.59 Å². The molecule has 1 saturated heterocycles. The van der Waals surface area contributed by atoms with Gasteiger partial charge in [-0.1, -0.05) is 32.9 Å². The van der Waals surface area contributed by atoms with E-state index in [0.29, 0.717) is 6.54 Å². The summed E-state index contributed by atoms with van der Waals surface area (Å²) in [6, 6.07) is 8.05. The first-order chi connectivity index (χ1) is 12.7. The highest BCUT2D eigenvalue weighted by Crippen LogP contribution is 2.13. The SMILES string of the molecule is CN1CCN(CCc2ccc(NC(=O)CCNC(=O)C(C)(C)C)cc2)CC1. The number of hydrogen-bond donors (Lipinski definition) is 2. The van der Waals surface area contributed by atoms with Crippen LogP contribution in [0.4, 0.5) is 5.69 Å². The van der Waals surface area contributed by atoms with E-state index in [2.05, 4.69) is 39.6 Å². The number of likely N-dealkylation sites (N-methyl/N-ethyl adjacent to an activating group) is 1. The van der Waals surface area contributed by atoms with Crippen LogP contribution in [-0.4, -0.2) is 67.9 Å². The van der Waals surface area contributed by atoms with Gasteiger partial charge in [0, 0.05) is 56.8 Å². The fourth-order valence-corrected chi connectivity index (χ4v) is 2.89. The van der Waals surface area contributed by atoms with Crippen molar-refractivity contribution in [3.8, 4) is 0 Å². The smallest absolute Gasteiger partial charge is 0.226 e. The number of rotatable bonds is 7. The molecule has 2 N–H and O–H groups in total. The number of benzene rings is 1. The van der Waals surface area contributed by atoms with Crippen molar-refractivity contribution in [1.82, 2.24) is 15.1 Å². The van der Waals surface area contributed by atoms with Crippen LogP contribution < -0.4 is 10.6 Å². The van der Waals surface area contributed by atoms with Crippen molar-refractivity contribution in [1.29, 1.82) is 0 Å². The summed E-state index contributed by atoms with van der Waals surface area (Å²) < 4.78 is 0. The zero-order valence-electron chi connectivity index (χ0n) is 17.2. The summed E-state index contributed by atoms with van der Waals surface area (Å²) in [6.07, 6.45) is 1.30. The van der Waals surface area contributed by atoms with Crippen molar-refractivity contribution in [2.75, 3.05) is 51.6 Å². The second-order valence-corrected chi connectivity index (χ2v) is 8.40. The Hall–Kier alpha value is -1.92. The third-order valence-corrected chi connectivity index (χ3v) is 4.87. The van der Waals surface area contributed by atoms with Crippen LogP contribution in [0.5, 0.6) is 0 Å². The Bertz CT molecular complexity index is 614. The molecule has 150 valence electrons. The Balaban J connectivity index is 1.68. The first-order valence-corrected chi connectivity index (χ1v) is 9.82. The van der Waals surface area contributed by atoms with Gasteiger partial charge in [-0.2, -0.15) is 0 Å². The van der Waals surface area contributed by atoms with Crippen LogP contribution >= 0.6 is 0 Å². The monoisotopic (exact) mass is 374 g/mol. The lowest BCUT2D eigenvalue weighted by Gasteiger charge is -2.32. The molecule has 6 heteroatoms. The number of nitrogens with one attached hydrogen (secondary N) is 2. The molecule has 27 heavy (non-hydrogen) atoms. The van der Waals surface area contributed by atoms with E-state index in [1.165, 1.54) is 5.56 Å². The molecule has 0 aromatic heterocycles. The fourth-order valence-electron chi connectivity index (χ4n) is 2.89. The molecule has 0 aliphatic carbocycles. The minimum Gasteiger partial charge on any atom is -0.355 e. The zero-order valence-corrected chi connectivity index (χ0v) is 17.2. The van der Waals surface area contributed by atoms with Gasteiger partial charge < -0.3 is 20.4 Å². The van der Waals surface area contributed by atoms with Crippen molar-refractivity contribution in [2.24, 2.45) is 5.41 Å². The van der Waals surface area contributed by atoms with Crippen molar-refractivity contribution in [3.63, 3.8) is 0 Å². The van der Waals surface area contributed by atoms with E-state index in [0.717, 1.165) is 44.8 Å². The minimum atomic E-state index is -0.434. The summed E-state index contributed by atoms with van der Waals surface area (Å²) >= 11 is 0. The van der Waals surface area contributed by atoms with E-state index in [1.54, 1.807) is 0 Å². The van der Waals surface area contributed by atoms with Crippen LogP contribution in [0.25, 0.3) is 0 Å². The molecule has 6 nitrogen and oxygen atoms in total. The maximum absolute atomic E-state index is 12.0. The van der Waals surface area contributed by atoms with Crippen molar-refractivity contribution >= 4 is 17.5 Å². The highest BCUT2D eigenvalue weighted by Gasteiger charge is 2.20. The van der Waals surface area contributed by atoms with Crippen LogP contribution in [0.3, 0.4) is 0 Å². The van der Waals surface area contributed by atoms with Crippen molar-refractivity contribution in [3.05, 3.63) is 29.8 Å². The quantitative estimate of drug-likeness (QED) is 0.766. The standard InChI is InChI=1S/C21H34N4O2/c1-21(2,3)20(27)22-11-9-19(26)23-18-7-5-17(6-8-18)10-12-25-15-13-24(4)14-16-25/h5-8H,9-16H2,1-4H3,(H,22,27)(H,23,26). The summed E-state index contributed by atoms with van der Waals surface area (Å²) in [6.45, 7) is 11.5. The van der Waals surface area contributed by atoms with E-state index >= 15 is 0 Å². The molecule has 1 aromatic carbocycles. The molecule has 1 aliphatic heterocycles. The fraction of sp³-hybridized carbons (Fsp3) is 0.619. The summed E-state index contributed by atoms with van der Waals surface area (Å²) in [4.78, 5) is 28.7. The Morgan fingerprint density at radius 2 is 1.67 bits per heavy atom. The highest BCUT2D eigenvalue weighted by molar-refractivity contribution is 5.91. The first-order valence-electron chi connectivity index (χ1n) is 9.82. The average Bonchev–Trinajstić information content (AvgIpc) is 2.61. The molecule has 1 aromatic rings. The van der Waals surface area contributed by atoms with E-state index < -0.39 is 5.41 Å². The van der Waals surface area contributed by atoms with Crippen LogP contribution in [-0.2, 0) is 16.0 Å². The second kappa shape index (κ2) is 9.85. The Morgan fingerprint density at radius 3 is 2.26 bits per heavy atom. The van der Waals surface area contributed by atoms with Gasteiger partial charge in [0.1, 0.15) is 0 Å². The molecule has 2 amide bonds. The third kappa shape index (κ3) is 7.69. The van der Waals surface area contributed by atoms with E-state index in [1.807, 2.05) is 32.9 Å². The molecule has 0 spiro atoms. The molecule has 1 heterocycles. The number of carbonyl (C=O) groups excluding carboxylic acids is 2. The Morgan fingerprint density at radius 1 is 1.04 bits per heavy atom. The van der Waals surface area contributed by atoms with Gasteiger partial charge in [-0.15, -0.1) is 0 Å². The van der Waals surface area contributed by atoms with Gasteiger partial charge in [0.05, 0.1) is 0 Å². The number of carbonyl (C=O) groups is 2. The average molecular weight is 375 g/mol. The zero-order chi connectivity index (χ0) is 19.9. The van der Waals surface area contributed by atoms with Crippen molar-refractivity contribution < 1.29 is 9.59 Å². The number of anilines is 1. The maximum Gasteiger partial charge on any atom is 0.226 e. The summed E-state index contributed by atoms with van der Waals surface area (Å²) in [5.41, 5.74) is 1.64. The van der Waals surface area contributed by atoms with Crippen LogP contribution in [0.1, 0.15) is 32.8 Å². The number of piperazine rings is 1. The molecular formula is C21H34N4O2. The molecule has 1 aliphatic rings. The normalized spacial score (nSPS) is 16.1. The topological polar surface area (TPSA) is 64.7 Å². The lowest BCUT2D eigenvalue weighted by atomic mass is 9.96.